The molecule has 0 amide bonds. The largest absolute Gasteiger partial charge is 0.401 e. The van der Waals surface area contributed by atoms with Crippen LogP contribution in [0.2, 0.25) is 0 Å². The van der Waals surface area contributed by atoms with Crippen LogP contribution < -0.4 is 5.73 Å². The first-order valence-corrected chi connectivity index (χ1v) is 6.00. The predicted molar refractivity (Wildman–Crippen MR) is 58.1 cm³/mol. The van der Waals surface area contributed by atoms with Gasteiger partial charge in [-0.2, -0.15) is 13.2 Å². The fourth-order valence-corrected chi connectivity index (χ4v) is 2.41. The van der Waals surface area contributed by atoms with Crippen LogP contribution in [0.5, 0.6) is 0 Å². The molecule has 0 unspecified atom stereocenters. The maximum absolute atomic E-state index is 12.3. The summed E-state index contributed by atoms with van der Waals surface area (Å²) >= 11 is 0. The van der Waals surface area contributed by atoms with Crippen molar-refractivity contribution in [2.45, 2.75) is 38.3 Å². The normalized spacial score (nSPS) is 19.3. The molecule has 0 radical (unpaired) electrons. The molecule has 1 fully saturated rings. The highest BCUT2D eigenvalue weighted by molar-refractivity contribution is 4.72. The minimum atomic E-state index is -4.11. The molecular formula is C11H21F3N2. The third kappa shape index (κ3) is 5.70. The summed E-state index contributed by atoms with van der Waals surface area (Å²) < 4.78 is 36.9. The number of rotatable bonds is 5. The highest BCUT2D eigenvalue weighted by Crippen LogP contribution is 2.25. The summed E-state index contributed by atoms with van der Waals surface area (Å²) in [7, 11) is 0. The van der Waals surface area contributed by atoms with E-state index in [1.807, 2.05) is 0 Å². The minimum Gasteiger partial charge on any atom is -0.329 e. The molecule has 2 nitrogen and oxygen atoms in total. The van der Waals surface area contributed by atoms with Gasteiger partial charge in [0.2, 0.25) is 0 Å². The van der Waals surface area contributed by atoms with E-state index in [0.717, 1.165) is 25.7 Å². The summed E-state index contributed by atoms with van der Waals surface area (Å²) in [5.41, 5.74) is 5.34. The van der Waals surface area contributed by atoms with Crippen LogP contribution in [0.15, 0.2) is 0 Å². The third-order valence-corrected chi connectivity index (χ3v) is 3.09. The second kappa shape index (κ2) is 6.45. The van der Waals surface area contributed by atoms with Gasteiger partial charge in [0, 0.05) is 19.6 Å². The van der Waals surface area contributed by atoms with Gasteiger partial charge in [0.15, 0.2) is 0 Å². The van der Waals surface area contributed by atoms with E-state index in [0.29, 0.717) is 25.6 Å². The average Bonchev–Trinajstić information content (AvgIpc) is 2.17. The van der Waals surface area contributed by atoms with Crippen molar-refractivity contribution in [2.75, 3.05) is 26.2 Å². The molecule has 1 saturated carbocycles. The summed E-state index contributed by atoms with van der Waals surface area (Å²) in [5, 5.41) is 0. The number of hydrogen-bond donors (Lipinski definition) is 1. The first-order valence-electron chi connectivity index (χ1n) is 6.00. The molecular weight excluding hydrogens is 217 g/mol. The van der Waals surface area contributed by atoms with Crippen LogP contribution in [-0.4, -0.2) is 37.3 Å². The number of nitrogens with two attached hydrogens (primary N) is 1. The Morgan fingerprint density at radius 2 is 1.75 bits per heavy atom. The lowest BCUT2D eigenvalue weighted by atomic mass is 9.89. The number of alkyl halides is 3. The van der Waals surface area contributed by atoms with Gasteiger partial charge >= 0.3 is 6.18 Å². The van der Waals surface area contributed by atoms with Gasteiger partial charge in [0.05, 0.1) is 6.54 Å². The molecule has 0 spiro atoms. The molecule has 1 aliphatic rings. The van der Waals surface area contributed by atoms with Crippen molar-refractivity contribution in [2.24, 2.45) is 11.7 Å². The Kier molecular flexibility index (Phi) is 5.55. The molecule has 0 aromatic carbocycles. The highest BCUT2D eigenvalue weighted by atomic mass is 19.4. The van der Waals surface area contributed by atoms with Crippen molar-refractivity contribution < 1.29 is 13.2 Å². The van der Waals surface area contributed by atoms with E-state index < -0.39 is 12.7 Å². The number of nitrogens with zero attached hydrogens (tertiary/aromatic N) is 1. The molecule has 0 atom stereocenters. The third-order valence-electron chi connectivity index (χ3n) is 3.09. The molecule has 1 rings (SSSR count). The lowest BCUT2D eigenvalue weighted by Gasteiger charge is -2.29. The second-order valence-corrected chi connectivity index (χ2v) is 4.64. The van der Waals surface area contributed by atoms with Crippen molar-refractivity contribution in [3.63, 3.8) is 0 Å². The standard InChI is InChI=1S/C11H21F3N2/c12-11(13,14)9-16(7-6-15)8-10-4-2-1-3-5-10/h10H,1-9,15H2. The summed E-state index contributed by atoms with van der Waals surface area (Å²) in [5.74, 6) is 0.433. The lowest BCUT2D eigenvalue weighted by molar-refractivity contribution is -0.147. The topological polar surface area (TPSA) is 29.3 Å². The zero-order valence-corrected chi connectivity index (χ0v) is 9.60. The Balaban J connectivity index is 2.36. The maximum atomic E-state index is 12.3. The molecule has 0 saturated heterocycles. The van der Waals surface area contributed by atoms with Gasteiger partial charge in [-0.05, 0) is 18.8 Å². The van der Waals surface area contributed by atoms with Gasteiger partial charge in [-0.1, -0.05) is 19.3 Å². The molecule has 5 heteroatoms. The van der Waals surface area contributed by atoms with E-state index in [-0.39, 0.29) is 0 Å². The van der Waals surface area contributed by atoms with Gasteiger partial charge in [0.25, 0.3) is 0 Å². The van der Waals surface area contributed by atoms with Crippen LogP contribution in [0.25, 0.3) is 0 Å². The number of halogens is 3. The average molecular weight is 238 g/mol. The maximum Gasteiger partial charge on any atom is 0.401 e. The van der Waals surface area contributed by atoms with Crippen LogP contribution >= 0.6 is 0 Å². The summed E-state index contributed by atoms with van der Waals surface area (Å²) in [4.78, 5) is 1.45. The van der Waals surface area contributed by atoms with Crippen LogP contribution in [0.4, 0.5) is 13.2 Å². The van der Waals surface area contributed by atoms with Gasteiger partial charge < -0.3 is 5.73 Å². The van der Waals surface area contributed by atoms with Crippen LogP contribution in [-0.2, 0) is 0 Å². The molecule has 2 N–H and O–H groups in total. The van der Waals surface area contributed by atoms with E-state index >= 15 is 0 Å². The molecule has 0 bridgehead atoms. The van der Waals surface area contributed by atoms with Crippen molar-refractivity contribution in [1.82, 2.24) is 4.90 Å². The fraction of sp³-hybridized carbons (Fsp3) is 1.00. The van der Waals surface area contributed by atoms with E-state index in [2.05, 4.69) is 0 Å². The van der Waals surface area contributed by atoms with Gasteiger partial charge in [0.1, 0.15) is 0 Å². The Morgan fingerprint density at radius 1 is 1.12 bits per heavy atom. The smallest absolute Gasteiger partial charge is 0.329 e. The summed E-state index contributed by atoms with van der Waals surface area (Å²) in [6, 6.07) is 0. The van der Waals surface area contributed by atoms with Gasteiger partial charge in [-0.15, -0.1) is 0 Å². The second-order valence-electron chi connectivity index (χ2n) is 4.64. The zero-order valence-electron chi connectivity index (χ0n) is 9.60. The zero-order chi connectivity index (χ0) is 12.0. The fourth-order valence-electron chi connectivity index (χ4n) is 2.41. The predicted octanol–water partition coefficient (Wildman–Crippen LogP) is 2.39. The molecule has 0 aromatic rings. The van der Waals surface area contributed by atoms with Gasteiger partial charge in [-0.25, -0.2) is 0 Å². The molecule has 1 aliphatic carbocycles. The Labute approximate surface area is 95.0 Å². The molecule has 0 aromatic heterocycles. The molecule has 0 heterocycles. The molecule has 96 valence electrons. The summed E-state index contributed by atoms with van der Waals surface area (Å²) in [6.45, 7) is 0.371. The van der Waals surface area contributed by atoms with Crippen molar-refractivity contribution in [3.05, 3.63) is 0 Å². The Morgan fingerprint density at radius 3 is 2.25 bits per heavy atom. The van der Waals surface area contributed by atoms with Crippen molar-refractivity contribution in [3.8, 4) is 0 Å². The minimum absolute atomic E-state index is 0.294. The lowest BCUT2D eigenvalue weighted by Crippen LogP contribution is -2.40. The molecule has 0 aliphatic heterocycles. The Hall–Kier alpha value is -0.290. The SMILES string of the molecule is NCCN(CC1CCCCC1)CC(F)(F)F. The van der Waals surface area contributed by atoms with Crippen LogP contribution in [0.1, 0.15) is 32.1 Å². The first-order chi connectivity index (χ1) is 7.51. The molecule has 16 heavy (non-hydrogen) atoms. The van der Waals surface area contributed by atoms with E-state index in [1.165, 1.54) is 11.3 Å². The van der Waals surface area contributed by atoms with E-state index in [9.17, 15) is 13.2 Å². The Bertz CT molecular complexity index is 188. The quantitative estimate of drug-likeness (QED) is 0.797. The summed E-state index contributed by atoms with van der Waals surface area (Å²) in [6.07, 6.45) is 1.58. The van der Waals surface area contributed by atoms with E-state index in [4.69, 9.17) is 5.73 Å². The van der Waals surface area contributed by atoms with Crippen LogP contribution in [0.3, 0.4) is 0 Å². The van der Waals surface area contributed by atoms with Crippen molar-refractivity contribution in [1.29, 1.82) is 0 Å². The first kappa shape index (κ1) is 13.8. The van der Waals surface area contributed by atoms with Crippen molar-refractivity contribution >= 4 is 0 Å². The van der Waals surface area contributed by atoms with Gasteiger partial charge in [-0.3, -0.25) is 4.90 Å². The number of hydrogen-bond acceptors (Lipinski definition) is 2. The van der Waals surface area contributed by atoms with Crippen LogP contribution in [0, 0.1) is 5.92 Å². The highest BCUT2D eigenvalue weighted by Gasteiger charge is 2.31. The monoisotopic (exact) mass is 238 g/mol. The van der Waals surface area contributed by atoms with E-state index in [1.54, 1.807) is 0 Å².